The summed E-state index contributed by atoms with van der Waals surface area (Å²) < 4.78 is 4.86. The molecule has 0 saturated carbocycles. The largest absolute Gasteiger partial charge is 0.466 e. The van der Waals surface area contributed by atoms with Gasteiger partial charge in [-0.1, -0.05) is 12.1 Å². The quantitative estimate of drug-likeness (QED) is 0.637. The molecule has 0 unspecified atom stereocenters. The van der Waals surface area contributed by atoms with E-state index in [-0.39, 0.29) is 5.97 Å². The second-order valence-electron chi connectivity index (χ2n) is 4.08. The number of anilines is 1. The lowest BCUT2D eigenvalue weighted by molar-refractivity contribution is -0.143. The molecule has 0 aliphatic heterocycles. The topological polar surface area (TPSA) is 64.1 Å². The van der Waals surface area contributed by atoms with E-state index in [1.165, 1.54) is 0 Å². The molecule has 100 valence electrons. The van der Waals surface area contributed by atoms with Crippen LogP contribution in [-0.2, 0) is 9.53 Å². The summed E-state index contributed by atoms with van der Waals surface area (Å²) in [6.45, 7) is 2.91. The first-order valence-electron chi connectivity index (χ1n) is 6.41. The van der Waals surface area contributed by atoms with Crippen LogP contribution in [0.3, 0.4) is 0 Å². The zero-order valence-electron chi connectivity index (χ0n) is 10.9. The molecule has 0 saturated heterocycles. The van der Waals surface area contributed by atoms with Crippen molar-refractivity contribution in [3.63, 3.8) is 0 Å². The highest BCUT2D eigenvalue weighted by Crippen LogP contribution is 2.11. The van der Waals surface area contributed by atoms with Crippen LogP contribution in [0.1, 0.15) is 19.8 Å². The Morgan fingerprint density at radius 3 is 2.89 bits per heavy atom. The second-order valence-corrected chi connectivity index (χ2v) is 4.08. The van der Waals surface area contributed by atoms with Gasteiger partial charge in [0.1, 0.15) is 5.82 Å². The van der Waals surface area contributed by atoms with Gasteiger partial charge in [-0.3, -0.25) is 9.78 Å². The van der Waals surface area contributed by atoms with Crippen LogP contribution in [0, 0.1) is 0 Å². The maximum atomic E-state index is 11.2. The summed E-state index contributed by atoms with van der Waals surface area (Å²) in [6.07, 6.45) is 2.84. The Kier molecular flexibility index (Phi) is 4.66. The van der Waals surface area contributed by atoms with Crippen LogP contribution in [0.15, 0.2) is 30.5 Å². The summed E-state index contributed by atoms with van der Waals surface area (Å²) in [4.78, 5) is 19.9. The predicted octanol–water partition coefficient (Wildman–Crippen LogP) is 2.39. The molecular formula is C14H17N3O2. The zero-order valence-corrected chi connectivity index (χ0v) is 10.9. The van der Waals surface area contributed by atoms with Gasteiger partial charge < -0.3 is 10.1 Å². The van der Waals surface area contributed by atoms with E-state index in [0.717, 1.165) is 16.9 Å². The van der Waals surface area contributed by atoms with Gasteiger partial charge >= 0.3 is 5.97 Å². The average molecular weight is 259 g/mol. The third kappa shape index (κ3) is 3.91. The van der Waals surface area contributed by atoms with E-state index in [0.29, 0.717) is 26.0 Å². The maximum Gasteiger partial charge on any atom is 0.305 e. The van der Waals surface area contributed by atoms with E-state index in [2.05, 4.69) is 15.3 Å². The summed E-state index contributed by atoms with van der Waals surface area (Å²) >= 11 is 0. The number of ether oxygens (including phenoxy) is 1. The molecule has 1 aromatic heterocycles. The van der Waals surface area contributed by atoms with Crippen molar-refractivity contribution in [2.24, 2.45) is 0 Å². The smallest absolute Gasteiger partial charge is 0.305 e. The van der Waals surface area contributed by atoms with E-state index in [1.807, 2.05) is 24.3 Å². The first kappa shape index (κ1) is 13.3. The lowest BCUT2D eigenvalue weighted by Crippen LogP contribution is -2.09. The second kappa shape index (κ2) is 6.68. The molecule has 0 aliphatic carbocycles. The first-order chi connectivity index (χ1) is 9.29. The number of carbonyl (C=O) groups is 1. The molecule has 1 N–H and O–H groups in total. The first-order valence-corrected chi connectivity index (χ1v) is 6.41. The molecule has 0 spiro atoms. The lowest BCUT2D eigenvalue weighted by Gasteiger charge is -2.06. The number of aromatic nitrogens is 2. The van der Waals surface area contributed by atoms with Crippen LogP contribution in [0.5, 0.6) is 0 Å². The highest BCUT2D eigenvalue weighted by Gasteiger charge is 2.02. The van der Waals surface area contributed by atoms with Gasteiger partial charge in [-0.2, -0.15) is 0 Å². The number of hydrogen-bond donors (Lipinski definition) is 1. The molecule has 5 heteroatoms. The standard InChI is InChI=1S/C14H17N3O2/c1-2-19-14(18)8-5-9-15-13-10-16-11-6-3-4-7-12(11)17-13/h3-4,6-7,10H,2,5,8-9H2,1H3,(H,15,17). The molecule has 5 nitrogen and oxygen atoms in total. The lowest BCUT2D eigenvalue weighted by atomic mass is 10.3. The van der Waals surface area contributed by atoms with Crippen molar-refractivity contribution >= 4 is 22.8 Å². The molecule has 0 amide bonds. The number of rotatable bonds is 6. The van der Waals surface area contributed by atoms with Gasteiger partial charge in [-0.05, 0) is 25.5 Å². The Hall–Kier alpha value is -2.17. The van der Waals surface area contributed by atoms with Gasteiger partial charge in [0.2, 0.25) is 0 Å². The summed E-state index contributed by atoms with van der Waals surface area (Å²) in [5.74, 6) is 0.566. The maximum absolute atomic E-state index is 11.2. The van der Waals surface area contributed by atoms with Crippen molar-refractivity contribution in [3.8, 4) is 0 Å². The minimum Gasteiger partial charge on any atom is -0.466 e. The van der Waals surface area contributed by atoms with Gasteiger partial charge in [0.25, 0.3) is 0 Å². The Morgan fingerprint density at radius 2 is 2.11 bits per heavy atom. The normalized spacial score (nSPS) is 10.4. The minimum atomic E-state index is -0.158. The molecule has 1 aromatic carbocycles. The number of benzene rings is 1. The summed E-state index contributed by atoms with van der Waals surface area (Å²) in [5.41, 5.74) is 1.73. The molecule has 0 bridgehead atoms. The van der Waals surface area contributed by atoms with Crippen molar-refractivity contribution in [3.05, 3.63) is 30.5 Å². The van der Waals surface area contributed by atoms with Gasteiger partial charge in [0.15, 0.2) is 0 Å². The van der Waals surface area contributed by atoms with Crippen LogP contribution < -0.4 is 5.32 Å². The Morgan fingerprint density at radius 1 is 1.32 bits per heavy atom. The van der Waals surface area contributed by atoms with Crippen LogP contribution in [0.25, 0.3) is 11.0 Å². The molecule has 2 aromatic rings. The number of fused-ring (bicyclic) bond motifs is 1. The van der Waals surface area contributed by atoms with Crippen molar-refractivity contribution < 1.29 is 9.53 Å². The minimum absolute atomic E-state index is 0.158. The number of nitrogens with one attached hydrogen (secondary N) is 1. The van der Waals surface area contributed by atoms with E-state index >= 15 is 0 Å². The Labute approximate surface area is 112 Å². The van der Waals surface area contributed by atoms with Gasteiger partial charge in [-0.25, -0.2) is 4.98 Å². The summed E-state index contributed by atoms with van der Waals surface area (Å²) in [7, 11) is 0. The zero-order chi connectivity index (χ0) is 13.5. The molecule has 19 heavy (non-hydrogen) atoms. The Balaban J connectivity index is 1.83. The highest BCUT2D eigenvalue weighted by atomic mass is 16.5. The van der Waals surface area contributed by atoms with Crippen LogP contribution in [0.4, 0.5) is 5.82 Å². The molecule has 0 atom stereocenters. The third-order valence-corrected chi connectivity index (χ3v) is 2.62. The van der Waals surface area contributed by atoms with Crippen LogP contribution in [-0.4, -0.2) is 29.1 Å². The highest BCUT2D eigenvalue weighted by molar-refractivity contribution is 5.75. The van der Waals surface area contributed by atoms with Gasteiger partial charge in [0.05, 0.1) is 23.8 Å². The van der Waals surface area contributed by atoms with Crippen molar-refractivity contribution in [2.75, 3.05) is 18.5 Å². The van der Waals surface area contributed by atoms with E-state index in [4.69, 9.17) is 4.74 Å². The Bertz CT molecular complexity index is 557. The molecular weight excluding hydrogens is 242 g/mol. The van der Waals surface area contributed by atoms with Crippen LogP contribution in [0.2, 0.25) is 0 Å². The van der Waals surface area contributed by atoms with Gasteiger partial charge in [-0.15, -0.1) is 0 Å². The SMILES string of the molecule is CCOC(=O)CCCNc1cnc2ccccc2n1. The molecule has 0 fully saturated rings. The number of carbonyl (C=O) groups excluding carboxylic acids is 1. The number of nitrogens with zero attached hydrogens (tertiary/aromatic N) is 2. The van der Waals surface area contributed by atoms with Crippen molar-refractivity contribution in [1.82, 2.24) is 9.97 Å². The molecule has 2 rings (SSSR count). The number of hydrogen-bond acceptors (Lipinski definition) is 5. The predicted molar refractivity (Wildman–Crippen MR) is 73.9 cm³/mol. The van der Waals surface area contributed by atoms with Gasteiger partial charge in [0, 0.05) is 13.0 Å². The fraction of sp³-hybridized carbons (Fsp3) is 0.357. The molecule has 0 radical (unpaired) electrons. The third-order valence-electron chi connectivity index (χ3n) is 2.62. The van der Waals surface area contributed by atoms with Crippen molar-refractivity contribution in [1.29, 1.82) is 0 Å². The molecule has 0 aliphatic rings. The number of para-hydroxylation sites is 2. The summed E-state index contributed by atoms with van der Waals surface area (Å²) in [6, 6.07) is 7.71. The average Bonchev–Trinajstić information content (AvgIpc) is 2.44. The van der Waals surface area contributed by atoms with E-state index < -0.39 is 0 Å². The summed E-state index contributed by atoms with van der Waals surface area (Å²) in [5, 5.41) is 3.15. The fourth-order valence-corrected chi connectivity index (χ4v) is 1.72. The van der Waals surface area contributed by atoms with E-state index in [1.54, 1.807) is 13.1 Å². The fourth-order valence-electron chi connectivity index (χ4n) is 1.72. The van der Waals surface area contributed by atoms with Crippen LogP contribution >= 0.6 is 0 Å². The van der Waals surface area contributed by atoms with E-state index in [9.17, 15) is 4.79 Å². The van der Waals surface area contributed by atoms with Crippen molar-refractivity contribution in [2.45, 2.75) is 19.8 Å². The number of esters is 1. The monoisotopic (exact) mass is 259 g/mol. The molecule has 1 heterocycles.